The van der Waals surface area contributed by atoms with Gasteiger partial charge in [-0.25, -0.2) is 9.37 Å². The number of amides is 1. The number of benzene rings is 2. The van der Waals surface area contributed by atoms with Gasteiger partial charge >= 0.3 is 0 Å². The molecule has 5 rings (SSSR count). The maximum atomic E-state index is 13.8. The molecule has 0 saturated heterocycles. The molecule has 150 valence electrons. The molecule has 1 unspecified atom stereocenters. The van der Waals surface area contributed by atoms with Crippen LogP contribution >= 0.6 is 27.5 Å². The van der Waals surface area contributed by atoms with Gasteiger partial charge in [-0.3, -0.25) is 9.69 Å². The van der Waals surface area contributed by atoms with Crippen LogP contribution in [0.25, 0.3) is 0 Å². The molecule has 1 aliphatic carbocycles. The van der Waals surface area contributed by atoms with Crippen molar-refractivity contribution in [1.82, 2.24) is 9.55 Å². The number of carbonyl (C=O) groups is 1. The summed E-state index contributed by atoms with van der Waals surface area (Å²) in [6.07, 6.45) is 3.19. The molecule has 0 spiro atoms. The predicted molar refractivity (Wildman–Crippen MR) is 114 cm³/mol. The second kappa shape index (κ2) is 7.22. The van der Waals surface area contributed by atoms with Crippen LogP contribution in [0.15, 0.2) is 47.2 Å². The van der Waals surface area contributed by atoms with Gasteiger partial charge in [0.05, 0.1) is 22.3 Å². The fourth-order valence-corrected chi connectivity index (χ4v) is 4.96. The van der Waals surface area contributed by atoms with Crippen molar-refractivity contribution in [3.63, 3.8) is 0 Å². The van der Waals surface area contributed by atoms with Crippen molar-refractivity contribution in [2.45, 2.75) is 31.3 Å². The standard InChI is InChI=1S/C22H15BrClFN4O/c23-22-27-18-20(29(22)14-2-1-3-14)19(13-6-4-12(11-26)5-7-13)28(21(18)30)15-8-9-17(25)16(24)10-15/h4-10,14,19H,1-3H2. The van der Waals surface area contributed by atoms with Crippen LogP contribution in [0.4, 0.5) is 10.1 Å². The number of rotatable bonds is 3. The molecule has 30 heavy (non-hydrogen) atoms. The van der Waals surface area contributed by atoms with E-state index in [0.29, 0.717) is 21.7 Å². The molecule has 5 nitrogen and oxygen atoms in total. The number of hydrogen-bond acceptors (Lipinski definition) is 3. The third-order valence-corrected chi connectivity index (χ3v) is 6.67. The number of hydrogen-bond donors (Lipinski definition) is 0. The van der Waals surface area contributed by atoms with Crippen LogP contribution in [0.1, 0.15) is 58.7 Å². The molecule has 2 aliphatic rings. The van der Waals surface area contributed by atoms with Gasteiger partial charge in [0.25, 0.3) is 5.91 Å². The van der Waals surface area contributed by atoms with Crippen LogP contribution in [0.2, 0.25) is 5.02 Å². The maximum Gasteiger partial charge on any atom is 0.279 e. The van der Waals surface area contributed by atoms with E-state index in [2.05, 4.69) is 31.6 Å². The Kier molecular flexibility index (Phi) is 4.64. The molecule has 1 fully saturated rings. The number of fused-ring (bicyclic) bond motifs is 1. The van der Waals surface area contributed by atoms with Gasteiger partial charge in [0.15, 0.2) is 10.4 Å². The smallest absolute Gasteiger partial charge is 0.279 e. The highest BCUT2D eigenvalue weighted by molar-refractivity contribution is 9.10. The number of imidazole rings is 1. The Hall–Kier alpha value is -2.69. The van der Waals surface area contributed by atoms with E-state index in [4.69, 9.17) is 16.9 Å². The SMILES string of the molecule is N#Cc1ccc(C2c3c(nc(Br)n3C3CCC3)C(=O)N2c2ccc(F)c(Cl)c2)cc1. The van der Waals surface area contributed by atoms with Crippen LogP contribution < -0.4 is 4.90 Å². The number of nitriles is 1. The minimum atomic E-state index is -0.542. The van der Waals surface area contributed by atoms with E-state index in [-0.39, 0.29) is 17.0 Å². The van der Waals surface area contributed by atoms with Crippen LogP contribution in [0, 0.1) is 17.1 Å². The average molecular weight is 486 g/mol. The fourth-order valence-electron chi connectivity index (χ4n) is 4.13. The van der Waals surface area contributed by atoms with Crippen molar-refractivity contribution >= 4 is 39.1 Å². The van der Waals surface area contributed by atoms with Crippen LogP contribution in [-0.2, 0) is 0 Å². The summed E-state index contributed by atoms with van der Waals surface area (Å²) >= 11 is 9.55. The lowest BCUT2D eigenvalue weighted by molar-refractivity contribution is 0.0989. The largest absolute Gasteiger partial charge is 0.317 e. The molecular weight excluding hydrogens is 471 g/mol. The first-order chi connectivity index (χ1) is 14.5. The van der Waals surface area contributed by atoms with Gasteiger partial charge in [0.1, 0.15) is 11.9 Å². The molecule has 1 saturated carbocycles. The highest BCUT2D eigenvalue weighted by atomic mass is 79.9. The number of nitrogens with zero attached hydrogens (tertiary/aromatic N) is 4. The zero-order chi connectivity index (χ0) is 21.0. The second-order valence-corrected chi connectivity index (χ2v) is 8.60. The summed E-state index contributed by atoms with van der Waals surface area (Å²) in [7, 11) is 0. The summed E-state index contributed by atoms with van der Waals surface area (Å²) in [6.45, 7) is 0. The van der Waals surface area contributed by atoms with Crippen molar-refractivity contribution in [2.24, 2.45) is 0 Å². The number of halogens is 3. The van der Waals surface area contributed by atoms with E-state index in [9.17, 15) is 9.18 Å². The molecule has 0 radical (unpaired) electrons. The third-order valence-electron chi connectivity index (χ3n) is 5.82. The Labute approximate surface area is 185 Å². The van der Waals surface area contributed by atoms with Crippen molar-refractivity contribution in [1.29, 1.82) is 5.26 Å². The topological polar surface area (TPSA) is 61.9 Å². The summed E-state index contributed by atoms with van der Waals surface area (Å²) in [5, 5.41) is 9.11. The Morgan fingerprint density at radius 3 is 2.53 bits per heavy atom. The molecule has 0 bridgehead atoms. The summed E-state index contributed by atoms with van der Waals surface area (Å²) in [5.74, 6) is -0.805. The van der Waals surface area contributed by atoms with Gasteiger partial charge in [-0.15, -0.1) is 0 Å². The van der Waals surface area contributed by atoms with Crippen LogP contribution in [0.3, 0.4) is 0 Å². The number of carbonyl (C=O) groups excluding carboxylic acids is 1. The first-order valence-corrected chi connectivity index (χ1v) is 10.7. The maximum absolute atomic E-state index is 13.8. The van der Waals surface area contributed by atoms with Gasteiger partial charge in [-0.2, -0.15) is 5.26 Å². The van der Waals surface area contributed by atoms with Crippen LogP contribution in [-0.4, -0.2) is 15.5 Å². The normalized spacial score (nSPS) is 18.3. The highest BCUT2D eigenvalue weighted by Gasteiger charge is 2.45. The molecule has 1 amide bonds. The first-order valence-electron chi connectivity index (χ1n) is 9.56. The van der Waals surface area contributed by atoms with Crippen LogP contribution in [0.5, 0.6) is 0 Å². The van der Waals surface area contributed by atoms with Gasteiger partial charge in [-0.1, -0.05) is 23.7 Å². The molecule has 1 aromatic heterocycles. The molecule has 3 aromatic rings. The van der Waals surface area contributed by atoms with E-state index in [1.54, 1.807) is 23.1 Å². The highest BCUT2D eigenvalue weighted by Crippen LogP contribution is 2.47. The van der Waals surface area contributed by atoms with Gasteiger partial charge in [0, 0.05) is 11.7 Å². The Bertz CT molecular complexity index is 1210. The fraction of sp³-hybridized carbons (Fsp3) is 0.227. The van der Waals surface area contributed by atoms with Crippen molar-refractivity contribution in [2.75, 3.05) is 4.90 Å². The van der Waals surface area contributed by atoms with Crippen molar-refractivity contribution < 1.29 is 9.18 Å². The molecule has 2 heterocycles. The average Bonchev–Trinajstić information content (AvgIpc) is 3.17. The minimum absolute atomic E-state index is 0.0496. The van der Waals surface area contributed by atoms with Crippen molar-refractivity contribution in [3.05, 3.63) is 80.6 Å². The monoisotopic (exact) mass is 484 g/mol. The second-order valence-electron chi connectivity index (χ2n) is 7.48. The Balaban J connectivity index is 1.71. The van der Waals surface area contributed by atoms with E-state index in [0.717, 1.165) is 30.5 Å². The van der Waals surface area contributed by atoms with E-state index in [1.807, 2.05) is 12.1 Å². The Morgan fingerprint density at radius 1 is 1.20 bits per heavy atom. The lowest BCUT2D eigenvalue weighted by atomic mass is 9.92. The molecule has 2 aromatic carbocycles. The molecule has 1 atom stereocenters. The number of anilines is 1. The molecule has 8 heteroatoms. The van der Waals surface area contributed by atoms with Crippen molar-refractivity contribution in [3.8, 4) is 6.07 Å². The zero-order valence-electron chi connectivity index (χ0n) is 15.6. The van der Waals surface area contributed by atoms with Gasteiger partial charge in [-0.05, 0) is 71.1 Å². The van der Waals surface area contributed by atoms with E-state index < -0.39 is 11.9 Å². The third kappa shape index (κ3) is 2.86. The van der Waals surface area contributed by atoms with E-state index >= 15 is 0 Å². The zero-order valence-corrected chi connectivity index (χ0v) is 18.0. The summed E-state index contributed by atoms with van der Waals surface area (Å²) in [4.78, 5) is 19.6. The minimum Gasteiger partial charge on any atom is -0.317 e. The summed E-state index contributed by atoms with van der Waals surface area (Å²) < 4.78 is 16.5. The lowest BCUT2D eigenvalue weighted by Gasteiger charge is -2.32. The van der Waals surface area contributed by atoms with E-state index in [1.165, 1.54) is 12.1 Å². The summed E-state index contributed by atoms with van der Waals surface area (Å²) in [6, 6.07) is 13.3. The lowest BCUT2D eigenvalue weighted by Crippen LogP contribution is -2.31. The molecule has 1 aliphatic heterocycles. The Morgan fingerprint density at radius 2 is 1.93 bits per heavy atom. The molecular formula is C22H15BrClFN4O. The quantitative estimate of drug-likeness (QED) is 0.472. The predicted octanol–water partition coefficient (Wildman–Crippen LogP) is 5.78. The number of aromatic nitrogens is 2. The van der Waals surface area contributed by atoms with Gasteiger partial charge in [0.2, 0.25) is 0 Å². The molecule has 0 N–H and O–H groups in total. The van der Waals surface area contributed by atoms with Gasteiger partial charge < -0.3 is 4.57 Å². The first kappa shape index (κ1) is 19.3. The summed E-state index contributed by atoms with van der Waals surface area (Å²) in [5.41, 5.74) is 3.06.